The molecule has 1 unspecified atom stereocenters. The average Bonchev–Trinajstić information content (AvgIpc) is 2.46. The van der Waals surface area contributed by atoms with Crippen LogP contribution in [0.25, 0.3) is 0 Å². The highest BCUT2D eigenvalue weighted by molar-refractivity contribution is 5.76. The minimum atomic E-state index is -0.0609. The molecule has 0 saturated carbocycles. The monoisotopic (exact) mass is 252 g/mol. The number of hydrogen-bond donors (Lipinski definition) is 0. The molecule has 0 N–H and O–H groups in total. The highest BCUT2D eigenvalue weighted by atomic mass is 16.6. The number of carbonyl (C=O) groups excluding carboxylic acids is 1. The van der Waals surface area contributed by atoms with E-state index in [-0.39, 0.29) is 6.10 Å². The van der Waals surface area contributed by atoms with E-state index < -0.39 is 0 Å². The molecule has 1 aromatic carbocycles. The smallest absolute Gasteiger partial charge is 0.161 e. The van der Waals surface area contributed by atoms with E-state index in [1.165, 1.54) is 7.11 Å². The van der Waals surface area contributed by atoms with Gasteiger partial charge in [-0.15, -0.1) is 0 Å². The number of rotatable bonds is 5. The summed E-state index contributed by atoms with van der Waals surface area (Å²) in [5, 5.41) is 0. The van der Waals surface area contributed by atoms with Crippen molar-refractivity contribution in [2.24, 2.45) is 0 Å². The molecule has 0 spiro atoms. The van der Waals surface area contributed by atoms with Crippen LogP contribution < -0.4 is 9.47 Å². The molecule has 1 aromatic rings. The molecule has 1 saturated heterocycles. The van der Waals surface area contributed by atoms with Crippen molar-refractivity contribution < 1.29 is 23.7 Å². The van der Waals surface area contributed by atoms with E-state index in [1.807, 2.05) is 0 Å². The van der Waals surface area contributed by atoms with Gasteiger partial charge in [0.05, 0.1) is 26.9 Å². The Morgan fingerprint density at radius 3 is 2.94 bits per heavy atom. The molecule has 0 amide bonds. The van der Waals surface area contributed by atoms with Crippen LogP contribution in [0.2, 0.25) is 0 Å². The lowest BCUT2D eigenvalue weighted by molar-refractivity contribution is -0.101. The first-order valence-electron chi connectivity index (χ1n) is 5.79. The van der Waals surface area contributed by atoms with Crippen molar-refractivity contribution in [1.29, 1.82) is 0 Å². The van der Waals surface area contributed by atoms with Crippen LogP contribution in [0.4, 0.5) is 0 Å². The maximum absolute atomic E-state index is 10.7. The molecule has 1 heterocycles. The van der Waals surface area contributed by atoms with Crippen LogP contribution in [0, 0.1) is 0 Å². The quantitative estimate of drug-likeness (QED) is 0.739. The van der Waals surface area contributed by atoms with Gasteiger partial charge in [-0.2, -0.15) is 0 Å². The molecule has 2 rings (SSSR count). The van der Waals surface area contributed by atoms with Crippen LogP contribution in [-0.4, -0.2) is 45.9 Å². The molecule has 0 aromatic heterocycles. The SMILES string of the molecule is COc1cc(C=O)ccc1OCC1COCCO1. The molecule has 1 aliphatic rings. The van der Waals surface area contributed by atoms with Crippen molar-refractivity contribution in [2.45, 2.75) is 6.10 Å². The number of carbonyl (C=O) groups is 1. The summed E-state index contributed by atoms with van der Waals surface area (Å²) < 4.78 is 21.5. The van der Waals surface area contributed by atoms with Gasteiger partial charge in [-0.25, -0.2) is 0 Å². The Balaban J connectivity index is 1.97. The van der Waals surface area contributed by atoms with E-state index in [0.29, 0.717) is 43.5 Å². The van der Waals surface area contributed by atoms with Gasteiger partial charge in [0.25, 0.3) is 0 Å². The van der Waals surface area contributed by atoms with E-state index in [0.717, 1.165) is 6.29 Å². The summed E-state index contributed by atoms with van der Waals surface area (Å²) in [5.41, 5.74) is 0.552. The maximum atomic E-state index is 10.7. The third-order valence-corrected chi connectivity index (χ3v) is 2.63. The van der Waals surface area contributed by atoms with Gasteiger partial charge in [0, 0.05) is 5.56 Å². The lowest BCUT2D eigenvalue weighted by Gasteiger charge is -2.23. The van der Waals surface area contributed by atoms with Crippen LogP contribution in [0.1, 0.15) is 10.4 Å². The van der Waals surface area contributed by atoms with Crippen molar-refractivity contribution >= 4 is 6.29 Å². The second-order valence-corrected chi connectivity index (χ2v) is 3.91. The van der Waals surface area contributed by atoms with Crippen molar-refractivity contribution in [3.05, 3.63) is 23.8 Å². The van der Waals surface area contributed by atoms with Crippen molar-refractivity contribution in [3.63, 3.8) is 0 Å². The summed E-state index contributed by atoms with van der Waals surface area (Å²) in [6.45, 7) is 2.16. The molecule has 5 heteroatoms. The second kappa shape index (κ2) is 6.37. The van der Waals surface area contributed by atoms with Crippen molar-refractivity contribution in [1.82, 2.24) is 0 Å². The Morgan fingerprint density at radius 2 is 2.28 bits per heavy atom. The fraction of sp³-hybridized carbons (Fsp3) is 0.462. The zero-order valence-corrected chi connectivity index (χ0v) is 10.3. The average molecular weight is 252 g/mol. The molecule has 18 heavy (non-hydrogen) atoms. The summed E-state index contributed by atoms with van der Waals surface area (Å²) in [6, 6.07) is 5.04. The standard InChI is InChI=1S/C13H16O5/c1-15-13-6-10(7-14)2-3-12(13)18-9-11-8-16-4-5-17-11/h2-3,6-7,11H,4-5,8-9H2,1H3. The highest BCUT2D eigenvalue weighted by Crippen LogP contribution is 2.27. The Morgan fingerprint density at radius 1 is 1.39 bits per heavy atom. The molecule has 0 radical (unpaired) electrons. The zero-order chi connectivity index (χ0) is 12.8. The predicted octanol–water partition coefficient (Wildman–Crippen LogP) is 1.30. The first-order chi connectivity index (χ1) is 8.83. The number of benzene rings is 1. The number of ether oxygens (including phenoxy) is 4. The summed E-state index contributed by atoms with van der Waals surface area (Å²) in [7, 11) is 1.54. The van der Waals surface area contributed by atoms with Crippen LogP contribution in [-0.2, 0) is 9.47 Å². The van der Waals surface area contributed by atoms with E-state index in [1.54, 1.807) is 18.2 Å². The first kappa shape index (κ1) is 12.9. The molecular formula is C13H16O5. The lowest BCUT2D eigenvalue weighted by Crippen LogP contribution is -2.33. The third kappa shape index (κ3) is 3.21. The van der Waals surface area contributed by atoms with Gasteiger partial charge in [-0.1, -0.05) is 0 Å². The zero-order valence-electron chi connectivity index (χ0n) is 10.3. The molecule has 1 fully saturated rings. The molecule has 0 bridgehead atoms. The summed E-state index contributed by atoms with van der Waals surface area (Å²) in [5.74, 6) is 1.13. The highest BCUT2D eigenvalue weighted by Gasteiger charge is 2.16. The van der Waals surface area contributed by atoms with Gasteiger partial charge in [0.1, 0.15) is 19.0 Å². The topological polar surface area (TPSA) is 54.0 Å². The molecule has 1 aliphatic heterocycles. The summed E-state index contributed by atoms with van der Waals surface area (Å²) >= 11 is 0. The normalized spacial score (nSPS) is 19.3. The first-order valence-corrected chi connectivity index (χ1v) is 5.79. The summed E-state index contributed by atoms with van der Waals surface area (Å²) in [4.78, 5) is 10.7. The number of hydrogen-bond acceptors (Lipinski definition) is 5. The van der Waals surface area contributed by atoms with Gasteiger partial charge in [-0.3, -0.25) is 4.79 Å². The van der Waals surface area contributed by atoms with Gasteiger partial charge in [0.15, 0.2) is 11.5 Å². The molecule has 5 nitrogen and oxygen atoms in total. The fourth-order valence-corrected chi connectivity index (χ4v) is 1.69. The maximum Gasteiger partial charge on any atom is 0.161 e. The molecular weight excluding hydrogens is 236 g/mol. The van der Waals surface area contributed by atoms with Crippen LogP contribution in [0.15, 0.2) is 18.2 Å². The van der Waals surface area contributed by atoms with Crippen LogP contribution in [0.5, 0.6) is 11.5 Å². The fourth-order valence-electron chi connectivity index (χ4n) is 1.69. The number of aldehydes is 1. The Labute approximate surface area is 106 Å². The van der Waals surface area contributed by atoms with Crippen LogP contribution >= 0.6 is 0 Å². The van der Waals surface area contributed by atoms with E-state index >= 15 is 0 Å². The van der Waals surface area contributed by atoms with Gasteiger partial charge >= 0.3 is 0 Å². The molecule has 0 aliphatic carbocycles. The van der Waals surface area contributed by atoms with E-state index in [9.17, 15) is 4.79 Å². The molecule has 98 valence electrons. The minimum absolute atomic E-state index is 0.0609. The minimum Gasteiger partial charge on any atom is -0.493 e. The Kier molecular flexibility index (Phi) is 4.55. The number of methoxy groups -OCH3 is 1. The van der Waals surface area contributed by atoms with Gasteiger partial charge < -0.3 is 18.9 Å². The lowest BCUT2D eigenvalue weighted by atomic mass is 10.2. The third-order valence-electron chi connectivity index (χ3n) is 2.63. The summed E-state index contributed by atoms with van der Waals surface area (Å²) in [6.07, 6.45) is 0.707. The van der Waals surface area contributed by atoms with Crippen molar-refractivity contribution in [2.75, 3.05) is 33.5 Å². The van der Waals surface area contributed by atoms with Gasteiger partial charge in [0.2, 0.25) is 0 Å². The van der Waals surface area contributed by atoms with Crippen molar-refractivity contribution in [3.8, 4) is 11.5 Å². The van der Waals surface area contributed by atoms with E-state index in [4.69, 9.17) is 18.9 Å². The van der Waals surface area contributed by atoms with E-state index in [2.05, 4.69) is 0 Å². The Bertz CT molecular complexity index is 398. The second-order valence-electron chi connectivity index (χ2n) is 3.91. The molecule has 1 atom stereocenters. The largest absolute Gasteiger partial charge is 0.493 e. The van der Waals surface area contributed by atoms with Gasteiger partial charge in [-0.05, 0) is 18.2 Å². The predicted molar refractivity (Wildman–Crippen MR) is 64.4 cm³/mol. The Hall–Kier alpha value is -1.59. The van der Waals surface area contributed by atoms with Crippen LogP contribution in [0.3, 0.4) is 0 Å².